The highest BCUT2D eigenvalue weighted by molar-refractivity contribution is 5.59. The third-order valence-corrected chi connectivity index (χ3v) is 3.25. The first-order chi connectivity index (χ1) is 8.95. The minimum Gasteiger partial charge on any atom is -0.322 e. The molecule has 100 valence electrons. The van der Waals surface area contributed by atoms with Gasteiger partial charge in [0.2, 0.25) is 0 Å². The zero-order valence-electron chi connectivity index (χ0n) is 11.7. The molecule has 3 heteroatoms. The molecule has 2 aromatic rings. The van der Waals surface area contributed by atoms with Crippen LogP contribution in [0.1, 0.15) is 26.3 Å². The number of rotatable bonds is 3. The van der Waals surface area contributed by atoms with Crippen LogP contribution in [0.3, 0.4) is 0 Å². The van der Waals surface area contributed by atoms with E-state index < -0.39 is 5.54 Å². The Kier molecular flexibility index (Phi) is 3.58. The maximum absolute atomic E-state index is 12.5. The second-order valence-electron chi connectivity index (χ2n) is 5.27. The van der Waals surface area contributed by atoms with Crippen molar-refractivity contribution in [3.8, 4) is 11.3 Å². The molecule has 2 N–H and O–H groups in total. The molecule has 3 nitrogen and oxygen atoms in total. The molecule has 0 saturated carbocycles. The highest BCUT2D eigenvalue weighted by Crippen LogP contribution is 2.20. The zero-order chi connectivity index (χ0) is 14.0. The fraction of sp³-hybridized carbons (Fsp3) is 0.312. The topological polar surface area (TPSA) is 48.0 Å². The Morgan fingerprint density at radius 3 is 2.26 bits per heavy atom. The van der Waals surface area contributed by atoms with Gasteiger partial charge in [-0.3, -0.25) is 4.79 Å². The van der Waals surface area contributed by atoms with E-state index in [0.717, 1.165) is 11.3 Å². The predicted molar refractivity (Wildman–Crippen MR) is 79.0 cm³/mol. The van der Waals surface area contributed by atoms with Gasteiger partial charge in [0.15, 0.2) is 0 Å². The summed E-state index contributed by atoms with van der Waals surface area (Å²) < 4.78 is 1.78. The number of benzene rings is 1. The SMILES string of the molecule is CCn1c(-c2ccccc2)ccc(C(C)(C)N)c1=O. The van der Waals surface area contributed by atoms with Crippen LogP contribution in [0, 0.1) is 0 Å². The molecule has 0 aliphatic heterocycles. The van der Waals surface area contributed by atoms with E-state index in [1.54, 1.807) is 4.57 Å². The van der Waals surface area contributed by atoms with Crippen LogP contribution in [-0.2, 0) is 12.1 Å². The molecule has 0 atom stereocenters. The van der Waals surface area contributed by atoms with E-state index in [-0.39, 0.29) is 5.56 Å². The van der Waals surface area contributed by atoms with E-state index in [0.29, 0.717) is 12.1 Å². The van der Waals surface area contributed by atoms with E-state index in [2.05, 4.69) is 0 Å². The standard InChI is InChI=1S/C16H20N2O/c1-4-18-14(12-8-6-5-7-9-12)11-10-13(15(18)19)16(2,3)17/h5-11H,4,17H2,1-3H3. The Labute approximate surface area is 113 Å². The summed E-state index contributed by atoms with van der Waals surface area (Å²) in [4.78, 5) is 12.5. The van der Waals surface area contributed by atoms with Gasteiger partial charge in [0.25, 0.3) is 5.56 Å². The van der Waals surface area contributed by atoms with Gasteiger partial charge in [0.05, 0.1) is 5.69 Å². The lowest BCUT2D eigenvalue weighted by molar-refractivity contribution is 0.536. The van der Waals surface area contributed by atoms with E-state index in [1.165, 1.54) is 0 Å². The molecule has 1 aromatic heterocycles. The van der Waals surface area contributed by atoms with Crippen LogP contribution in [0.25, 0.3) is 11.3 Å². The third-order valence-electron chi connectivity index (χ3n) is 3.25. The molecule has 2 rings (SSSR count). The Morgan fingerprint density at radius 1 is 1.11 bits per heavy atom. The maximum Gasteiger partial charge on any atom is 0.256 e. The summed E-state index contributed by atoms with van der Waals surface area (Å²) in [5, 5.41) is 0. The summed E-state index contributed by atoms with van der Waals surface area (Å²) in [7, 11) is 0. The average Bonchev–Trinajstić information content (AvgIpc) is 2.37. The van der Waals surface area contributed by atoms with Crippen LogP contribution in [0.2, 0.25) is 0 Å². The Morgan fingerprint density at radius 2 is 1.74 bits per heavy atom. The molecule has 0 bridgehead atoms. The molecule has 0 unspecified atom stereocenters. The van der Waals surface area contributed by atoms with Crippen molar-refractivity contribution < 1.29 is 0 Å². The molecule has 0 aliphatic rings. The summed E-state index contributed by atoms with van der Waals surface area (Å²) in [6.07, 6.45) is 0. The summed E-state index contributed by atoms with van der Waals surface area (Å²) in [5.41, 5.74) is 8.05. The van der Waals surface area contributed by atoms with Crippen molar-refractivity contribution >= 4 is 0 Å². The molecule has 0 saturated heterocycles. The molecule has 0 fully saturated rings. The molecule has 1 heterocycles. The fourth-order valence-corrected chi connectivity index (χ4v) is 2.24. The normalized spacial score (nSPS) is 11.6. The Hall–Kier alpha value is -1.87. The van der Waals surface area contributed by atoms with Crippen LogP contribution < -0.4 is 11.3 Å². The maximum atomic E-state index is 12.5. The van der Waals surface area contributed by atoms with Gasteiger partial charge in [-0.25, -0.2) is 0 Å². The van der Waals surface area contributed by atoms with Gasteiger partial charge in [-0.1, -0.05) is 30.3 Å². The van der Waals surface area contributed by atoms with Crippen LogP contribution in [0.5, 0.6) is 0 Å². The van der Waals surface area contributed by atoms with Crippen molar-refractivity contribution in [1.82, 2.24) is 4.57 Å². The first-order valence-electron chi connectivity index (χ1n) is 6.53. The Bertz CT molecular complexity index is 621. The monoisotopic (exact) mass is 256 g/mol. The number of aromatic nitrogens is 1. The van der Waals surface area contributed by atoms with Crippen molar-refractivity contribution in [2.75, 3.05) is 0 Å². The summed E-state index contributed by atoms with van der Waals surface area (Å²) in [6.45, 7) is 6.31. The largest absolute Gasteiger partial charge is 0.322 e. The van der Waals surface area contributed by atoms with Crippen molar-refractivity contribution in [1.29, 1.82) is 0 Å². The average molecular weight is 256 g/mol. The third kappa shape index (κ3) is 2.61. The van der Waals surface area contributed by atoms with Gasteiger partial charge in [0, 0.05) is 17.6 Å². The van der Waals surface area contributed by atoms with Gasteiger partial charge in [-0.05, 0) is 38.5 Å². The number of nitrogens with two attached hydrogens (primary N) is 1. The van der Waals surface area contributed by atoms with Gasteiger partial charge in [-0.2, -0.15) is 0 Å². The number of nitrogens with zero attached hydrogens (tertiary/aromatic N) is 1. The van der Waals surface area contributed by atoms with E-state index in [1.807, 2.05) is 63.2 Å². The van der Waals surface area contributed by atoms with Gasteiger partial charge in [0.1, 0.15) is 0 Å². The van der Waals surface area contributed by atoms with Gasteiger partial charge < -0.3 is 10.3 Å². The second-order valence-corrected chi connectivity index (χ2v) is 5.27. The van der Waals surface area contributed by atoms with Crippen molar-refractivity contribution in [2.45, 2.75) is 32.9 Å². The molecule has 1 aromatic carbocycles. The lowest BCUT2D eigenvalue weighted by Crippen LogP contribution is -2.38. The molecular weight excluding hydrogens is 236 g/mol. The smallest absolute Gasteiger partial charge is 0.256 e. The summed E-state index contributed by atoms with van der Waals surface area (Å²) in [6, 6.07) is 13.7. The fourth-order valence-electron chi connectivity index (χ4n) is 2.24. The first-order valence-corrected chi connectivity index (χ1v) is 6.53. The van der Waals surface area contributed by atoms with Gasteiger partial charge in [-0.15, -0.1) is 0 Å². The van der Waals surface area contributed by atoms with Crippen molar-refractivity contribution in [3.05, 3.63) is 58.4 Å². The lowest BCUT2D eigenvalue weighted by Gasteiger charge is -2.21. The number of hydrogen-bond donors (Lipinski definition) is 1. The number of pyridine rings is 1. The van der Waals surface area contributed by atoms with E-state index >= 15 is 0 Å². The number of hydrogen-bond acceptors (Lipinski definition) is 2. The first kappa shape index (κ1) is 13.6. The minimum absolute atomic E-state index is 0.00338. The molecule has 0 aliphatic carbocycles. The molecular formula is C16H20N2O. The highest BCUT2D eigenvalue weighted by atomic mass is 16.1. The quantitative estimate of drug-likeness (QED) is 0.918. The van der Waals surface area contributed by atoms with Crippen LogP contribution in [-0.4, -0.2) is 4.57 Å². The highest BCUT2D eigenvalue weighted by Gasteiger charge is 2.20. The van der Waals surface area contributed by atoms with Crippen LogP contribution in [0.15, 0.2) is 47.3 Å². The van der Waals surface area contributed by atoms with Gasteiger partial charge >= 0.3 is 0 Å². The molecule has 19 heavy (non-hydrogen) atoms. The molecule has 0 amide bonds. The zero-order valence-corrected chi connectivity index (χ0v) is 11.7. The van der Waals surface area contributed by atoms with Crippen molar-refractivity contribution in [3.63, 3.8) is 0 Å². The van der Waals surface area contributed by atoms with E-state index in [9.17, 15) is 4.79 Å². The summed E-state index contributed by atoms with van der Waals surface area (Å²) >= 11 is 0. The summed E-state index contributed by atoms with van der Waals surface area (Å²) in [5.74, 6) is 0. The molecule has 0 spiro atoms. The second kappa shape index (κ2) is 5.02. The lowest BCUT2D eigenvalue weighted by atomic mass is 9.96. The van der Waals surface area contributed by atoms with Crippen LogP contribution >= 0.6 is 0 Å². The molecule has 0 radical (unpaired) electrons. The van der Waals surface area contributed by atoms with Crippen molar-refractivity contribution in [2.24, 2.45) is 5.73 Å². The van der Waals surface area contributed by atoms with Crippen LogP contribution in [0.4, 0.5) is 0 Å². The minimum atomic E-state index is -0.622. The predicted octanol–water partition coefficient (Wildman–Crippen LogP) is 2.73. The Balaban J connectivity index is 2.67. The van der Waals surface area contributed by atoms with E-state index in [4.69, 9.17) is 5.73 Å².